The van der Waals surface area contributed by atoms with E-state index in [2.05, 4.69) is 11.7 Å². The molecule has 0 aromatic heterocycles. The maximum atomic E-state index is 12.1. The molecule has 0 aliphatic rings. The predicted octanol–water partition coefficient (Wildman–Crippen LogP) is 2.20. The van der Waals surface area contributed by atoms with Crippen LogP contribution in [-0.4, -0.2) is 61.7 Å². The van der Waals surface area contributed by atoms with Crippen LogP contribution in [0.3, 0.4) is 0 Å². The van der Waals surface area contributed by atoms with Gasteiger partial charge in [0, 0.05) is 25.3 Å². The monoisotopic (exact) mass is 323 g/mol. The van der Waals surface area contributed by atoms with E-state index in [1.165, 1.54) is 12.0 Å². The third-order valence-electron chi connectivity index (χ3n) is 3.12. The summed E-state index contributed by atoms with van der Waals surface area (Å²) >= 11 is 0. The zero-order valence-corrected chi connectivity index (χ0v) is 14.7. The van der Waals surface area contributed by atoms with Crippen molar-refractivity contribution in [3.8, 4) is 0 Å². The van der Waals surface area contributed by atoms with Crippen molar-refractivity contribution in [2.75, 3.05) is 34.1 Å². The SMILES string of the molecule is COCC(C)(CCC(=O)N(C)[C@@H](C)C(=O)OC)SSC. The summed E-state index contributed by atoms with van der Waals surface area (Å²) in [5.74, 6) is -0.467. The predicted molar refractivity (Wildman–Crippen MR) is 84.9 cm³/mol. The fourth-order valence-corrected chi connectivity index (χ4v) is 4.09. The molecule has 0 fully saturated rings. The number of carbonyl (C=O) groups excluding carboxylic acids is 2. The molecule has 20 heavy (non-hydrogen) atoms. The smallest absolute Gasteiger partial charge is 0.328 e. The van der Waals surface area contributed by atoms with Crippen LogP contribution in [-0.2, 0) is 19.1 Å². The summed E-state index contributed by atoms with van der Waals surface area (Å²) in [5.41, 5.74) is 0. The molecule has 0 saturated heterocycles. The number of hydrogen-bond donors (Lipinski definition) is 0. The minimum atomic E-state index is -0.561. The quantitative estimate of drug-likeness (QED) is 0.479. The zero-order valence-electron chi connectivity index (χ0n) is 13.1. The Bertz CT molecular complexity index is 319. The highest BCUT2D eigenvalue weighted by Gasteiger charge is 2.28. The molecule has 0 aromatic carbocycles. The fraction of sp³-hybridized carbons (Fsp3) is 0.846. The lowest BCUT2D eigenvalue weighted by Crippen LogP contribution is -2.41. The molecule has 0 heterocycles. The highest BCUT2D eigenvalue weighted by Crippen LogP contribution is 2.37. The highest BCUT2D eigenvalue weighted by molar-refractivity contribution is 8.77. The maximum Gasteiger partial charge on any atom is 0.328 e. The minimum Gasteiger partial charge on any atom is -0.467 e. The van der Waals surface area contributed by atoms with Gasteiger partial charge in [-0.05, 0) is 26.5 Å². The first-order valence-electron chi connectivity index (χ1n) is 6.35. The van der Waals surface area contributed by atoms with E-state index < -0.39 is 12.0 Å². The highest BCUT2D eigenvalue weighted by atomic mass is 33.1. The first kappa shape index (κ1) is 19.6. The number of likely N-dealkylation sites (N-methyl/N-ethyl adjacent to an activating group) is 1. The summed E-state index contributed by atoms with van der Waals surface area (Å²) in [7, 11) is 7.97. The van der Waals surface area contributed by atoms with Gasteiger partial charge in [0.05, 0.1) is 13.7 Å². The molecule has 1 amide bonds. The Hall–Kier alpha value is -0.400. The Kier molecular flexibility index (Phi) is 9.33. The largest absolute Gasteiger partial charge is 0.467 e. The van der Waals surface area contributed by atoms with Gasteiger partial charge in [-0.3, -0.25) is 4.79 Å². The van der Waals surface area contributed by atoms with E-state index >= 15 is 0 Å². The Balaban J connectivity index is 4.48. The summed E-state index contributed by atoms with van der Waals surface area (Å²) in [5, 5.41) is 0. The Morgan fingerprint density at radius 2 is 1.95 bits per heavy atom. The zero-order chi connectivity index (χ0) is 15.8. The van der Waals surface area contributed by atoms with Gasteiger partial charge in [-0.1, -0.05) is 21.6 Å². The average molecular weight is 323 g/mol. The van der Waals surface area contributed by atoms with Crippen LogP contribution in [0, 0.1) is 0 Å². The second kappa shape index (κ2) is 9.52. The summed E-state index contributed by atoms with van der Waals surface area (Å²) < 4.78 is 9.76. The third kappa shape index (κ3) is 6.37. The molecule has 0 N–H and O–H groups in total. The van der Waals surface area contributed by atoms with Crippen LogP contribution < -0.4 is 0 Å². The Morgan fingerprint density at radius 1 is 1.35 bits per heavy atom. The van der Waals surface area contributed by atoms with Gasteiger partial charge in [0.15, 0.2) is 0 Å². The van der Waals surface area contributed by atoms with Crippen LogP contribution in [0.1, 0.15) is 26.7 Å². The van der Waals surface area contributed by atoms with Gasteiger partial charge < -0.3 is 14.4 Å². The summed E-state index contributed by atoms with van der Waals surface area (Å²) in [4.78, 5) is 25.0. The molecule has 0 aliphatic carbocycles. The number of nitrogens with zero attached hydrogens (tertiary/aromatic N) is 1. The molecule has 2 atom stereocenters. The van der Waals surface area contributed by atoms with E-state index in [0.29, 0.717) is 19.4 Å². The Labute approximate surface area is 129 Å². The van der Waals surface area contributed by atoms with Gasteiger partial charge >= 0.3 is 5.97 Å². The molecular weight excluding hydrogens is 298 g/mol. The second-order valence-electron chi connectivity index (χ2n) is 4.84. The van der Waals surface area contributed by atoms with Gasteiger partial charge in [0.2, 0.25) is 5.91 Å². The van der Waals surface area contributed by atoms with Crippen LogP contribution in [0.2, 0.25) is 0 Å². The van der Waals surface area contributed by atoms with Crippen molar-refractivity contribution in [1.82, 2.24) is 4.90 Å². The summed E-state index contributed by atoms with van der Waals surface area (Å²) in [6.07, 6.45) is 3.08. The molecule has 0 aliphatic heterocycles. The lowest BCUT2D eigenvalue weighted by molar-refractivity contribution is -0.151. The average Bonchev–Trinajstić information content (AvgIpc) is 2.42. The number of amides is 1. The molecule has 0 aromatic rings. The molecule has 0 radical (unpaired) electrons. The summed E-state index contributed by atoms with van der Waals surface area (Å²) in [6, 6.07) is -0.561. The van der Waals surface area contributed by atoms with Crippen molar-refractivity contribution >= 4 is 33.5 Å². The molecule has 0 spiro atoms. The van der Waals surface area contributed by atoms with Crippen LogP contribution >= 0.6 is 21.6 Å². The number of carbonyl (C=O) groups is 2. The molecule has 118 valence electrons. The van der Waals surface area contributed by atoms with E-state index in [0.717, 1.165) is 0 Å². The standard InChI is InChI=1S/C13H25NO4S2/c1-10(12(16)18-5)14(3)11(15)7-8-13(2,9-17-4)20-19-6/h10H,7-9H2,1-6H3/t10-,13?/m0/s1. The van der Waals surface area contributed by atoms with Gasteiger partial charge in [0.25, 0.3) is 0 Å². The van der Waals surface area contributed by atoms with Crippen molar-refractivity contribution in [2.45, 2.75) is 37.5 Å². The first-order valence-corrected chi connectivity index (χ1v) is 8.91. The number of ether oxygens (including phenoxy) is 2. The third-order valence-corrected chi connectivity index (χ3v) is 5.72. The van der Waals surface area contributed by atoms with Gasteiger partial charge in [0.1, 0.15) is 6.04 Å². The maximum absolute atomic E-state index is 12.1. The minimum absolute atomic E-state index is 0.0630. The molecular formula is C13H25NO4S2. The molecule has 7 heteroatoms. The van der Waals surface area contributed by atoms with Crippen molar-refractivity contribution in [3.05, 3.63) is 0 Å². The van der Waals surface area contributed by atoms with Gasteiger partial charge in [-0.2, -0.15) is 0 Å². The van der Waals surface area contributed by atoms with E-state index in [9.17, 15) is 9.59 Å². The molecule has 0 rings (SSSR count). The number of rotatable bonds is 9. The fourth-order valence-electron chi connectivity index (χ4n) is 1.74. The van der Waals surface area contributed by atoms with E-state index in [1.807, 2.05) is 6.26 Å². The normalized spacial score (nSPS) is 15.3. The van der Waals surface area contributed by atoms with Crippen LogP contribution in [0.5, 0.6) is 0 Å². The first-order chi connectivity index (χ1) is 9.31. The van der Waals surface area contributed by atoms with Crippen LogP contribution in [0.15, 0.2) is 0 Å². The van der Waals surface area contributed by atoms with E-state index in [4.69, 9.17) is 4.74 Å². The molecule has 0 bridgehead atoms. The summed E-state index contributed by atoms with van der Waals surface area (Å²) in [6.45, 7) is 4.32. The van der Waals surface area contributed by atoms with Crippen LogP contribution in [0.25, 0.3) is 0 Å². The van der Waals surface area contributed by atoms with Crippen molar-refractivity contribution < 1.29 is 19.1 Å². The second-order valence-corrected chi connectivity index (χ2v) is 7.82. The van der Waals surface area contributed by atoms with Crippen molar-refractivity contribution in [2.24, 2.45) is 0 Å². The van der Waals surface area contributed by atoms with E-state index in [-0.39, 0.29) is 10.7 Å². The lowest BCUT2D eigenvalue weighted by atomic mass is 10.0. The Morgan fingerprint density at radius 3 is 2.40 bits per heavy atom. The van der Waals surface area contributed by atoms with Gasteiger partial charge in [-0.15, -0.1) is 0 Å². The number of methoxy groups -OCH3 is 2. The lowest BCUT2D eigenvalue weighted by Gasteiger charge is -2.28. The van der Waals surface area contributed by atoms with Gasteiger partial charge in [-0.25, -0.2) is 4.79 Å². The van der Waals surface area contributed by atoms with E-state index in [1.54, 1.807) is 42.7 Å². The molecule has 5 nitrogen and oxygen atoms in total. The number of esters is 1. The molecule has 1 unspecified atom stereocenters. The van der Waals surface area contributed by atoms with Crippen molar-refractivity contribution in [3.63, 3.8) is 0 Å². The topological polar surface area (TPSA) is 55.8 Å². The van der Waals surface area contributed by atoms with Crippen molar-refractivity contribution in [1.29, 1.82) is 0 Å². The molecule has 0 saturated carbocycles. The van der Waals surface area contributed by atoms with Crippen LogP contribution in [0.4, 0.5) is 0 Å². The number of hydrogen-bond acceptors (Lipinski definition) is 6.